The molecule has 1 aromatic carbocycles. The van der Waals surface area contributed by atoms with E-state index in [9.17, 15) is 0 Å². The highest BCUT2D eigenvalue weighted by Crippen LogP contribution is 2.24. The highest BCUT2D eigenvalue weighted by Gasteiger charge is 2.10. The van der Waals surface area contributed by atoms with Gasteiger partial charge in [-0.1, -0.05) is 35.3 Å². The van der Waals surface area contributed by atoms with Crippen LogP contribution in [0.25, 0.3) is 0 Å². The monoisotopic (exact) mass is 296 g/mol. The first-order valence-electron chi connectivity index (χ1n) is 5.76. The summed E-state index contributed by atoms with van der Waals surface area (Å²) < 4.78 is 0. The molecule has 0 atom stereocenters. The number of halogens is 2. The molecule has 0 aliphatic carbocycles. The molecule has 0 spiro atoms. The SMILES string of the molecule is CNc1ncc(Cl)c(N(C)Cc2cccc(Cl)c2)n1. The zero-order valence-corrected chi connectivity index (χ0v) is 12.2. The predicted molar refractivity (Wildman–Crippen MR) is 80.1 cm³/mol. The van der Waals surface area contributed by atoms with Gasteiger partial charge in [0.2, 0.25) is 5.95 Å². The second-order valence-corrected chi connectivity index (χ2v) is 4.94. The number of rotatable bonds is 4. The van der Waals surface area contributed by atoms with Gasteiger partial charge in [0.1, 0.15) is 5.02 Å². The van der Waals surface area contributed by atoms with Gasteiger partial charge in [0.25, 0.3) is 0 Å². The molecule has 0 fully saturated rings. The molecule has 0 radical (unpaired) electrons. The quantitative estimate of drug-likeness (QED) is 0.938. The van der Waals surface area contributed by atoms with Crippen LogP contribution >= 0.6 is 23.2 Å². The Kier molecular flexibility index (Phi) is 4.45. The second-order valence-electron chi connectivity index (χ2n) is 4.10. The van der Waals surface area contributed by atoms with Crippen molar-refractivity contribution in [3.8, 4) is 0 Å². The molecular weight excluding hydrogens is 283 g/mol. The van der Waals surface area contributed by atoms with E-state index in [4.69, 9.17) is 23.2 Å². The van der Waals surface area contributed by atoms with E-state index in [1.807, 2.05) is 36.2 Å². The summed E-state index contributed by atoms with van der Waals surface area (Å²) >= 11 is 12.1. The number of hydrogen-bond donors (Lipinski definition) is 1. The molecule has 100 valence electrons. The van der Waals surface area contributed by atoms with E-state index in [-0.39, 0.29) is 0 Å². The van der Waals surface area contributed by atoms with Crippen molar-refractivity contribution in [2.45, 2.75) is 6.54 Å². The Labute approximate surface area is 122 Å². The molecular formula is C13H14Cl2N4. The number of nitrogens with one attached hydrogen (secondary N) is 1. The Morgan fingerprint density at radius 1 is 1.32 bits per heavy atom. The number of benzene rings is 1. The molecule has 1 aromatic heterocycles. The van der Waals surface area contributed by atoms with Gasteiger partial charge < -0.3 is 10.2 Å². The average molecular weight is 297 g/mol. The van der Waals surface area contributed by atoms with E-state index >= 15 is 0 Å². The molecule has 0 unspecified atom stereocenters. The Morgan fingerprint density at radius 2 is 2.11 bits per heavy atom. The lowest BCUT2D eigenvalue weighted by Gasteiger charge is -2.19. The Balaban J connectivity index is 2.22. The number of nitrogens with zero attached hydrogens (tertiary/aromatic N) is 3. The highest BCUT2D eigenvalue weighted by molar-refractivity contribution is 6.32. The van der Waals surface area contributed by atoms with Gasteiger partial charge in [0.15, 0.2) is 5.82 Å². The van der Waals surface area contributed by atoms with Gasteiger partial charge in [-0.25, -0.2) is 4.98 Å². The Bertz CT molecular complexity index is 574. The van der Waals surface area contributed by atoms with Crippen LogP contribution in [-0.2, 0) is 6.54 Å². The highest BCUT2D eigenvalue weighted by atomic mass is 35.5. The van der Waals surface area contributed by atoms with Crippen LogP contribution in [0.3, 0.4) is 0 Å². The standard InChI is InChI=1S/C13H14Cl2N4/c1-16-13-17-7-11(15)12(18-13)19(2)8-9-4-3-5-10(14)6-9/h3-7H,8H2,1-2H3,(H,16,17,18). The second kappa shape index (κ2) is 6.08. The molecule has 1 N–H and O–H groups in total. The lowest BCUT2D eigenvalue weighted by Crippen LogP contribution is -2.19. The van der Waals surface area contributed by atoms with Crippen LogP contribution in [0.1, 0.15) is 5.56 Å². The van der Waals surface area contributed by atoms with E-state index in [2.05, 4.69) is 15.3 Å². The van der Waals surface area contributed by atoms with Crippen LogP contribution in [-0.4, -0.2) is 24.1 Å². The third-order valence-electron chi connectivity index (χ3n) is 2.62. The maximum atomic E-state index is 6.13. The summed E-state index contributed by atoms with van der Waals surface area (Å²) in [6.07, 6.45) is 1.59. The van der Waals surface area contributed by atoms with Crippen molar-refractivity contribution in [3.05, 3.63) is 46.1 Å². The fourth-order valence-corrected chi connectivity index (χ4v) is 2.18. The molecule has 19 heavy (non-hydrogen) atoms. The third-order valence-corrected chi connectivity index (χ3v) is 3.12. The smallest absolute Gasteiger partial charge is 0.224 e. The van der Waals surface area contributed by atoms with Crippen molar-refractivity contribution in [1.82, 2.24) is 9.97 Å². The molecule has 0 bridgehead atoms. The molecule has 0 saturated carbocycles. The van der Waals surface area contributed by atoms with Crippen LogP contribution in [0.5, 0.6) is 0 Å². The zero-order chi connectivity index (χ0) is 13.8. The first kappa shape index (κ1) is 13.9. The van der Waals surface area contributed by atoms with Gasteiger partial charge in [0.05, 0.1) is 6.20 Å². The maximum absolute atomic E-state index is 6.13. The summed E-state index contributed by atoms with van der Waals surface area (Å²) in [4.78, 5) is 10.4. The fraction of sp³-hybridized carbons (Fsp3) is 0.231. The first-order chi connectivity index (χ1) is 9.10. The van der Waals surface area contributed by atoms with Crippen LogP contribution < -0.4 is 10.2 Å². The van der Waals surface area contributed by atoms with E-state index < -0.39 is 0 Å². The Hall–Kier alpha value is -1.52. The summed E-state index contributed by atoms with van der Waals surface area (Å²) in [5, 5.41) is 4.13. The molecule has 6 heteroatoms. The molecule has 4 nitrogen and oxygen atoms in total. The van der Waals surface area contributed by atoms with Crippen molar-refractivity contribution in [3.63, 3.8) is 0 Å². The summed E-state index contributed by atoms with van der Waals surface area (Å²) in [7, 11) is 3.69. The van der Waals surface area contributed by atoms with Crippen LogP contribution in [0, 0.1) is 0 Å². The molecule has 2 rings (SSSR count). The maximum Gasteiger partial charge on any atom is 0.224 e. The predicted octanol–water partition coefficient (Wildman–Crippen LogP) is 3.46. The van der Waals surface area contributed by atoms with E-state index in [1.54, 1.807) is 13.2 Å². The fourth-order valence-electron chi connectivity index (χ4n) is 1.73. The van der Waals surface area contributed by atoms with Gasteiger partial charge in [-0.3, -0.25) is 0 Å². The van der Waals surface area contributed by atoms with E-state index in [0.717, 1.165) is 10.6 Å². The summed E-state index contributed by atoms with van der Waals surface area (Å²) in [5.74, 6) is 1.22. The largest absolute Gasteiger partial charge is 0.357 e. The van der Waals surface area contributed by atoms with Crippen LogP contribution in [0.4, 0.5) is 11.8 Å². The van der Waals surface area contributed by atoms with Crippen molar-refractivity contribution in [2.75, 3.05) is 24.3 Å². The zero-order valence-electron chi connectivity index (χ0n) is 10.7. The minimum atomic E-state index is 0.517. The van der Waals surface area contributed by atoms with Crippen LogP contribution in [0.2, 0.25) is 10.0 Å². The number of anilines is 2. The average Bonchev–Trinajstić information content (AvgIpc) is 2.39. The van der Waals surface area contributed by atoms with Crippen LogP contribution in [0.15, 0.2) is 30.5 Å². The lowest BCUT2D eigenvalue weighted by atomic mass is 10.2. The normalized spacial score (nSPS) is 10.3. The van der Waals surface area contributed by atoms with Crippen molar-refractivity contribution >= 4 is 35.0 Å². The molecule has 0 saturated heterocycles. The Morgan fingerprint density at radius 3 is 2.79 bits per heavy atom. The van der Waals surface area contributed by atoms with E-state index in [0.29, 0.717) is 23.3 Å². The van der Waals surface area contributed by atoms with Gasteiger partial charge in [0, 0.05) is 25.7 Å². The van der Waals surface area contributed by atoms with E-state index in [1.165, 1.54) is 0 Å². The third kappa shape index (κ3) is 3.49. The minimum Gasteiger partial charge on any atom is -0.357 e. The summed E-state index contributed by atoms with van der Waals surface area (Å²) in [6, 6.07) is 7.70. The minimum absolute atomic E-state index is 0.517. The molecule has 0 aliphatic heterocycles. The molecule has 1 heterocycles. The number of aromatic nitrogens is 2. The van der Waals surface area contributed by atoms with Crippen molar-refractivity contribution in [1.29, 1.82) is 0 Å². The van der Waals surface area contributed by atoms with Gasteiger partial charge in [-0.05, 0) is 17.7 Å². The molecule has 0 aliphatic rings. The lowest BCUT2D eigenvalue weighted by molar-refractivity contribution is 0.892. The van der Waals surface area contributed by atoms with Crippen molar-refractivity contribution < 1.29 is 0 Å². The van der Waals surface area contributed by atoms with Gasteiger partial charge in [-0.2, -0.15) is 4.98 Å². The van der Waals surface area contributed by atoms with Gasteiger partial charge >= 0.3 is 0 Å². The summed E-state index contributed by atoms with van der Waals surface area (Å²) in [5.41, 5.74) is 1.09. The number of hydrogen-bond acceptors (Lipinski definition) is 4. The van der Waals surface area contributed by atoms with Crippen molar-refractivity contribution in [2.24, 2.45) is 0 Å². The molecule has 0 amide bonds. The molecule has 2 aromatic rings. The first-order valence-corrected chi connectivity index (χ1v) is 6.51. The topological polar surface area (TPSA) is 41.1 Å². The van der Waals surface area contributed by atoms with Gasteiger partial charge in [-0.15, -0.1) is 0 Å². The summed E-state index contributed by atoms with van der Waals surface area (Å²) in [6.45, 7) is 0.667.